The van der Waals surface area contributed by atoms with Crippen LogP contribution >= 0.6 is 15.9 Å². The Hall–Kier alpha value is -1.29. The van der Waals surface area contributed by atoms with Crippen molar-refractivity contribution in [1.29, 1.82) is 0 Å². The number of H-pyrrole nitrogens is 1. The summed E-state index contributed by atoms with van der Waals surface area (Å²) in [7, 11) is 1.38. The number of rotatable bonds is 1. The molecule has 1 aromatic carbocycles. The average molecular weight is 268 g/mol. The highest BCUT2D eigenvalue weighted by Crippen LogP contribution is 2.26. The zero-order valence-electron chi connectivity index (χ0n) is 8.43. The van der Waals surface area contributed by atoms with Crippen molar-refractivity contribution in [3.05, 3.63) is 33.9 Å². The van der Waals surface area contributed by atoms with Crippen LogP contribution < -0.4 is 0 Å². The number of fused-ring (bicyclic) bond motifs is 1. The van der Waals surface area contributed by atoms with Crippen molar-refractivity contribution in [2.24, 2.45) is 0 Å². The van der Waals surface area contributed by atoms with E-state index >= 15 is 0 Å². The van der Waals surface area contributed by atoms with Crippen LogP contribution in [0.25, 0.3) is 10.9 Å². The van der Waals surface area contributed by atoms with Gasteiger partial charge in [-0.3, -0.25) is 0 Å². The Morgan fingerprint density at radius 3 is 2.80 bits per heavy atom. The van der Waals surface area contributed by atoms with E-state index in [0.717, 1.165) is 21.1 Å². The maximum atomic E-state index is 11.4. The number of hydrogen-bond donors (Lipinski definition) is 1. The predicted octanol–water partition coefficient (Wildman–Crippen LogP) is 3.03. The molecule has 2 aromatic rings. The van der Waals surface area contributed by atoms with Crippen LogP contribution in [-0.2, 0) is 4.74 Å². The summed E-state index contributed by atoms with van der Waals surface area (Å²) in [5.41, 5.74) is 2.54. The van der Waals surface area contributed by atoms with Crippen LogP contribution in [-0.4, -0.2) is 18.1 Å². The number of halogens is 1. The lowest BCUT2D eigenvalue weighted by molar-refractivity contribution is 0.0601. The number of benzene rings is 1. The largest absolute Gasteiger partial charge is 0.465 e. The smallest absolute Gasteiger partial charge is 0.337 e. The zero-order chi connectivity index (χ0) is 11.0. The summed E-state index contributed by atoms with van der Waals surface area (Å²) < 4.78 is 5.57. The molecular weight excluding hydrogens is 258 g/mol. The van der Waals surface area contributed by atoms with Crippen LogP contribution in [0.15, 0.2) is 22.7 Å². The van der Waals surface area contributed by atoms with Gasteiger partial charge in [-0.25, -0.2) is 4.79 Å². The lowest BCUT2D eigenvalue weighted by Gasteiger charge is -2.01. The zero-order valence-corrected chi connectivity index (χ0v) is 10.0. The molecule has 0 saturated heterocycles. The van der Waals surface area contributed by atoms with Gasteiger partial charge in [-0.15, -0.1) is 0 Å². The maximum absolute atomic E-state index is 11.4. The Labute approximate surface area is 95.6 Å². The fraction of sp³-hybridized carbons (Fsp3) is 0.182. The molecule has 4 heteroatoms. The highest BCUT2D eigenvalue weighted by atomic mass is 79.9. The number of aromatic nitrogens is 1. The quantitative estimate of drug-likeness (QED) is 0.808. The molecule has 0 atom stereocenters. The fourth-order valence-corrected chi connectivity index (χ4v) is 2.14. The molecule has 0 spiro atoms. The first-order valence-corrected chi connectivity index (χ1v) is 5.28. The lowest BCUT2D eigenvalue weighted by atomic mass is 10.1. The van der Waals surface area contributed by atoms with Crippen LogP contribution in [0.5, 0.6) is 0 Å². The molecule has 3 nitrogen and oxygen atoms in total. The van der Waals surface area contributed by atoms with Gasteiger partial charge in [-0.05, 0) is 25.1 Å². The van der Waals surface area contributed by atoms with Gasteiger partial charge in [-0.2, -0.15) is 0 Å². The molecule has 0 amide bonds. The number of nitrogens with one attached hydrogen (secondary N) is 1. The first-order chi connectivity index (χ1) is 7.11. The Kier molecular flexibility index (Phi) is 2.52. The van der Waals surface area contributed by atoms with Gasteiger partial charge < -0.3 is 9.72 Å². The molecule has 1 aromatic heterocycles. The summed E-state index contributed by atoms with van der Waals surface area (Å²) in [5.74, 6) is -0.329. The van der Waals surface area contributed by atoms with Gasteiger partial charge in [0.25, 0.3) is 0 Å². The molecule has 0 unspecified atom stereocenters. The molecule has 1 heterocycles. The van der Waals surface area contributed by atoms with Gasteiger partial charge in [0.2, 0.25) is 0 Å². The fourth-order valence-electron chi connectivity index (χ4n) is 1.57. The normalized spacial score (nSPS) is 10.6. The SMILES string of the molecule is COC(=O)c1cc(Br)c2cc(C)[nH]c2c1. The number of ether oxygens (including phenoxy) is 1. The minimum absolute atomic E-state index is 0.329. The van der Waals surface area contributed by atoms with Gasteiger partial charge in [0.1, 0.15) is 0 Å². The van der Waals surface area contributed by atoms with Gasteiger partial charge in [0.15, 0.2) is 0 Å². The van der Waals surface area contributed by atoms with E-state index in [2.05, 4.69) is 25.7 Å². The van der Waals surface area contributed by atoms with Crippen molar-refractivity contribution in [2.75, 3.05) is 7.11 Å². The van der Waals surface area contributed by atoms with Crippen LogP contribution in [0.4, 0.5) is 0 Å². The molecule has 0 radical (unpaired) electrons. The van der Waals surface area contributed by atoms with E-state index in [1.54, 1.807) is 12.1 Å². The molecule has 78 valence electrons. The lowest BCUT2D eigenvalue weighted by Crippen LogP contribution is -2.00. The van der Waals surface area contributed by atoms with Crippen molar-refractivity contribution in [2.45, 2.75) is 6.92 Å². The number of esters is 1. The van der Waals surface area contributed by atoms with Crippen molar-refractivity contribution in [3.63, 3.8) is 0 Å². The van der Waals surface area contributed by atoms with Crippen molar-refractivity contribution < 1.29 is 9.53 Å². The molecule has 0 aliphatic heterocycles. The number of aromatic amines is 1. The summed E-state index contributed by atoms with van der Waals surface area (Å²) >= 11 is 3.43. The van der Waals surface area contributed by atoms with Crippen LogP contribution in [0.2, 0.25) is 0 Å². The Balaban J connectivity index is 2.66. The highest BCUT2D eigenvalue weighted by Gasteiger charge is 2.10. The van der Waals surface area contributed by atoms with Crippen LogP contribution in [0.3, 0.4) is 0 Å². The third kappa shape index (κ3) is 1.77. The van der Waals surface area contributed by atoms with Gasteiger partial charge in [-0.1, -0.05) is 15.9 Å². The monoisotopic (exact) mass is 267 g/mol. The molecule has 15 heavy (non-hydrogen) atoms. The van der Waals surface area contributed by atoms with Gasteiger partial charge in [0.05, 0.1) is 12.7 Å². The standard InChI is InChI=1S/C11H10BrNO2/c1-6-3-8-9(12)4-7(11(14)15-2)5-10(8)13-6/h3-5,13H,1-2H3. The Bertz CT molecular complexity index is 531. The number of carbonyl (C=O) groups is 1. The maximum Gasteiger partial charge on any atom is 0.337 e. The molecule has 0 aliphatic carbocycles. The first kappa shape index (κ1) is 10.2. The Morgan fingerprint density at radius 2 is 2.13 bits per heavy atom. The third-order valence-electron chi connectivity index (χ3n) is 2.24. The van der Waals surface area contributed by atoms with E-state index in [-0.39, 0.29) is 5.97 Å². The molecule has 0 saturated carbocycles. The van der Waals surface area contributed by atoms with Crippen molar-refractivity contribution >= 4 is 32.8 Å². The van der Waals surface area contributed by atoms with Crippen molar-refractivity contribution in [1.82, 2.24) is 4.98 Å². The molecule has 0 fully saturated rings. The highest BCUT2D eigenvalue weighted by molar-refractivity contribution is 9.10. The van der Waals surface area contributed by atoms with E-state index in [0.29, 0.717) is 5.56 Å². The van der Waals surface area contributed by atoms with E-state index in [1.807, 2.05) is 13.0 Å². The van der Waals surface area contributed by atoms with E-state index in [4.69, 9.17) is 0 Å². The summed E-state index contributed by atoms with van der Waals surface area (Å²) in [6, 6.07) is 5.58. The summed E-state index contributed by atoms with van der Waals surface area (Å²) in [4.78, 5) is 14.5. The molecule has 0 aliphatic rings. The molecule has 0 bridgehead atoms. The summed E-state index contributed by atoms with van der Waals surface area (Å²) in [6.45, 7) is 1.98. The van der Waals surface area contributed by atoms with E-state index < -0.39 is 0 Å². The Morgan fingerprint density at radius 1 is 1.40 bits per heavy atom. The summed E-state index contributed by atoms with van der Waals surface area (Å²) in [5, 5.41) is 1.07. The predicted molar refractivity (Wildman–Crippen MR) is 62.1 cm³/mol. The van der Waals surface area contributed by atoms with Crippen LogP contribution in [0.1, 0.15) is 16.1 Å². The molecule has 1 N–H and O–H groups in total. The van der Waals surface area contributed by atoms with E-state index in [1.165, 1.54) is 7.11 Å². The second-order valence-electron chi connectivity index (χ2n) is 3.36. The number of aryl methyl sites for hydroxylation is 1. The minimum atomic E-state index is -0.329. The number of hydrogen-bond acceptors (Lipinski definition) is 2. The number of carbonyl (C=O) groups excluding carboxylic acids is 1. The second-order valence-corrected chi connectivity index (χ2v) is 4.22. The summed E-state index contributed by atoms with van der Waals surface area (Å²) in [6.07, 6.45) is 0. The number of methoxy groups -OCH3 is 1. The molecule has 2 rings (SSSR count). The van der Waals surface area contributed by atoms with Crippen molar-refractivity contribution in [3.8, 4) is 0 Å². The molecular formula is C11H10BrNO2. The first-order valence-electron chi connectivity index (χ1n) is 4.49. The average Bonchev–Trinajstić information content (AvgIpc) is 2.58. The van der Waals surface area contributed by atoms with Gasteiger partial charge >= 0.3 is 5.97 Å². The van der Waals surface area contributed by atoms with E-state index in [9.17, 15) is 4.79 Å². The second kappa shape index (κ2) is 3.70. The topological polar surface area (TPSA) is 42.1 Å². The van der Waals surface area contributed by atoms with Crippen LogP contribution in [0, 0.1) is 6.92 Å². The third-order valence-corrected chi connectivity index (χ3v) is 2.90. The minimum Gasteiger partial charge on any atom is -0.465 e. The van der Waals surface area contributed by atoms with Gasteiger partial charge in [0, 0.05) is 21.1 Å².